The topological polar surface area (TPSA) is 163 Å². The van der Waals surface area contributed by atoms with Crippen LogP contribution in [0.4, 0.5) is 16.4 Å². The van der Waals surface area contributed by atoms with E-state index in [0.29, 0.717) is 18.7 Å². The van der Waals surface area contributed by atoms with Crippen molar-refractivity contribution in [2.75, 3.05) is 32.2 Å². The summed E-state index contributed by atoms with van der Waals surface area (Å²) in [5.74, 6) is -0.803. The van der Waals surface area contributed by atoms with Crippen LogP contribution in [0.15, 0.2) is 48.5 Å². The third-order valence-electron chi connectivity index (χ3n) is 5.79. The molecule has 0 radical (unpaired) electrons. The molecule has 3 aromatic rings. The highest BCUT2D eigenvalue weighted by atomic mass is 35.5. The van der Waals surface area contributed by atoms with E-state index in [-0.39, 0.29) is 34.5 Å². The van der Waals surface area contributed by atoms with Crippen molar-refractivity contribution in [1.82, 2.24) is 20.2 Å². The van der Waals surface area contributed by atoms with Gasteiger partial charge in [-0.25, -0.2) is 19.6 Å². The van der Waals surface area contributed by atoms with Gasteiger partial charge in [0.15, 0.2) is 22.5 Å². The minimum Gasteiger partial charge on any atom is -0.465 e. The quantitative estimate of drug-likeness (QED) is 0.244. The third-order valence-corrected chi connectivity index (χ3v) is 6.07. The summed E-state index contributed by atoms with van der Waals surface area (Å²) in [7, 11) is 3.01. The fourth-order valence-corrected chi connectivity index (χ4v) is 3.73. The molecule has 0 aliphatic heterocycles. The van der Waals surface area contributed by atoms with Gasteiger partial charge in [-0.15, -0.1) is 0 Å². The molecule has 0 unspecified atom stereocenters. The zero-order chi connectivity index (χ0) is 31.4. The van der Waals surface area contributed by atoms with Gasteiger partial charge < -0.3 is 31.2 Å². The summed E-state index contributed by atoms with van der Waals surface area (Å²) in [5, 5.41) is 2.73. The zero-order valence-corrected chi connectivity index (χ0v) is 25.6. The first-order valence-corrected chi connectivity index (χ1v) is 13.6. The van der Waals surface area contributed by atoms with Gasteiger partial charge in [-0.1, -0.05) is 48.0 Å². The van der Waals surface area contributed by atoms with Crippen molar-refractivity contribution in [2.45, 2.75) is 52.7 Å². The number of aryl methyl sites for hydroxylation is 2. The summed E-state index contributed by atoms with van der Waals surface area (Å²) in [6.07, 6.45) is 1.32. The normalized spacial score (nSPS) is 10.6. The van der Waals surface area contributed by atoms with E-state index in [4.69, 9.17) is 27.8 Å². The molecule has 0 aliphatic carbocycles. The molecule has 2 amide bonds. The number of esters is 1. The molecular formula is C30H39ClN6O5. The number of nitrogens with two attached hydrogens (primary N) is 2. The standard InChI is InChI=1S/C15H18ClN5O.C15H21NO4/c1-9-5-2-3-6-10(9)7-4-8-19-15(22)11-13(17)21-14(18)12(16)20-11;1-15(2,3)20-14(18)16(4)10-11-6-8-12(9-7-11)13(17)19-5/h2-3,5-6H,4,7-8H2,1H3,(H,19,22)(H4,17,18,21);6-9H,10H2,1-5H3. The van der Waals surface area contributed by atoms with E-state index in [1.54, 1.807) is 31.3 Å². The van der Waals surface area contributed by atoms with Crippen molar-refractivity contribution in [2.24, 2.45) is 0 Å². The number of rotatable bonds is 8. The van der Waals surface area contributed by atoms with Gasteiger partial charge in [0.25, 0.3) is 5.91 Å². The zero-order valence-electron chi connectivity index (χ0n) is 24.9. The molecule has 226 valence electrons. The molecule has 0 aliphatic rings. The van der Waals surface area contributed by atoms with Crippen LogP contribution in [-0.2, 0) is 22.4 Å². The molecule has 0 saturated carbocycles. The number of anilines is 2. The van der Waals surface area contributed by atoms with E-state index in [0.717, 1.165) is 18.4 Å². The van der Waals surface area contributed by atoms with Crippen molar-refractivity contribution in [3.8, 4) is 0 Å². The number of halogens is 1. The Bertz CT molecular complexity index is 1380. The summed E-state index contributed by atoms with van der Waals surface area (Å²) >= 11 is 5.75. The Balaban J connectivity index is 0.000000295. The number of nitrogens with one attached hydrogen (secondary N) is 1. The van der Waals surface area contributed by atoms with Crippen LogP contribution in [0, 0.1) is 6.92 Å². The number of carbonyl (C=O) groups is 3. The second-order valence-electron chi connectivity index (χ2n) is 10.4. The van der Waals surface area contributed by atoms with Gasteiger partial charge in [0.1, 0.15) is 5.60 Å². The lowest BCUT2D eigenvalue weighted by Gasteiger charge is -2.24. The van der Waals surface area contributed by atoms with E-state index in [1.807, 2.05) is 32.9 Å². The average Bonchev–Trinajstić information content (AvgIpc) is 2.93. The molecule has 0 bridgehead atoms. The van der Waals surface area contributed by atoms with Gasteiger partial charge in [-0.05, 0) is 69.4 Å². The molecule has 0 atom stereocenters. The molecule has 11 nitrogen and oxygen atoms in total. The lowest BCUT2D eigenvalue weighted by atomic mass is 10.0. The number of hydrogen-bond donors (Lipinski definition) is 3. The monoisotopic (exact) mass is 598 g/mol. The maximum absolute atomic E-state index is 12.0. The fourth-order valence-electron chi connectivity index (χ4n) is 3.61. The Labute approximate surface area is 251 Å². The number of nitrogens with zero attached hydrogens (tertiary/aromatic N) is 3. The number of carbonyl (C=O) groups excluding carboxylic acids is 3. The van der Waals surface area contributed by atoms with Crippen molar-refractivity contribution in [3.05, 3.63) is 81.6 Å². The lowest BCUT2D eigenvalue weighted by Crippen LogP contribution is -2.33. The Morgan fingerprint density at radius 3 is 2.24 bits per heavy atom. The smallest absolute Gasteiger partial charge is 0.410 e. The van der Waals surface area contributed by atoms with Gasteiger partial charge in [0, 0.05) is 20.1 Å². The van der Waals surface area contributed by atoms with Gasteiger partial charge in [-0.3, -0.25) is 4.79 Å². The third kappa shape index (κ3) is 10.9. The Morgan fingerprint density at radius 2 is 1.64 bits per heavy atom. The van der Waals surface area contributed by atoms with Crippen LogP contribution < -0.4 is 16.8 Å². The predicted octanol–water partition coefficient (Wildman–Crippen LogP) is 4.81. The molecule has 2 aromatic carbocycles. The van der Waals surface area contributed by atoms with Crippen molar-refractivity contribution in [1.29, 1.82) is 0 Å². The van der Waals surface area contributed by atoms with Crippen LogP contribution in [0.2, 0.25) is 5.15 Å². The first-order valence-electron chi connectivity index (χ1n) is 13.2. The van der Waals surface area contributed by atoms with Gasteiger partial charge in [-0.2, -0.15) is 0 Å². The van der Waals surface area contributed by atoms with Crippen molar-refractivity contribution >= 4 is 41.2 Å². The maximum atomic E-state index is 12.0. The largest absolute Gasteiger partial charge is 0.465 e. The molecular weight excluding hydrogens is 560 g/mol. The highest BCUT2D eigenvalue weighted by Crippen LogP contribution is 2.17. The van der Waals surface area contributed by atoms with Crippen LogP contribution in [-0.4, -0.2) is 59.1 Å². The van der Waals surface area contributed by atoms with Crippen LogP contribution >= 0.6 is 11.6 Å². The highest BCUT2D eigenvalue weighted by molar-refractivity contribution is 6.31. The van der Waals surface area contributed by atoms with E-state index < -0.39 is 11.5 Å². The molecule has 42 heavy (non-hydrogen) atoms. The van der Waals surface area contributed by atoms with E-state index >= 15 is 0 Å². The van der Waals surface area contributed by atoms with Crippen LogP contribution in [0.25, 0.3) is 0 Å². The molecule has 0 spiro atoms. The lowest BCUT2D eigenvalue weighted by molar-refractivity contribution is 0.0284. The van der Waals surface area contributed by atoms with Crippen LogP contribution in [0.3, 0.4) is 0 Å². The number of hydrogen-bond acceptors (Lipinski definition) is 9. The molecule has 3 rings (SSSR count). The van der Waals surface area contributed by atoms with E-state index in [2.05, 4.69) is 39.1 Å². The summed E-state index contributed by atoms with van der Waals surface area (Å²) in [5.41, 5.74) is 14.5. The number of amides is 2. The first kappa shape index (κ1) is 33.8. The second kappa shape index (κ2) is 15.6. The fraction of sp³-hybridized carbons (Fsp3) is 0.367. The molecule has 1 aromatic heterocycles. The maximum Gasteiger partial charge on any atom is 0.410 e. The second-order valence-corrected chi connectivity index (χ2v) is 10.8. The van der Waals surface area contributed by atoms with E-state index in [9.17, 15) is 14.4 Å². The Hall–Kier alpha value is -4.38. The summed E-state index contributed by atoms with van der Waals surface area (Å²) in [6, 6.07) is 15.1. The SMILES string of the molecule is COC(=O)c1ccc(CN(C)C(=O)OC(C)(C)C)cc1.Cc1ccccc1CCCNC(=O)c1nc(Cl)c(N)nc1N. The predicted molar refractivity (Wildman–Crippen MR) is 163 cm³/mol. The summed E-state index contributed by atoms with van der Waals surface area (Å²) < 4.78 is 9.89. The van der Waals surface area contributed by atoms with Crippen molar-refractivity contribution in [3.63, 3.8) is 0 Å². The number of methoxy groups -OCH3 is 1. The number of aromatic nitrogens is 2. The minimum absolute atomic E-state index is 0.00454. The van der Waals surface area contributed by atoms with Crippen LogP contribution in [0.1, 0.15) is 64.7 Å². The number of ether oxygens (including phenoxy) is 2. The van der Waals surface area contributed by atoms with Gasteiger partial charge in [0.2, 0.25) is 0 Å². The molecule has 1 heterocycles. The molecule has 12 heteroatoms. The van der Waals surface area contributed by atoms with Gasteiger partial charge in [0.05, 0.1) is 12.7 Å². The Kier molecular flexibility index (Phi) is 12.5. The van der Waals surface area contributed by atoms with Gasteiger partial charge >= 0.3 is 12.1 Å². The summed E-state index contributed by atoms with van der Waals surface area (Å²) in [4.78, 5) is 44.3. The van der Waals surface area contributed by atoms with E-state index in [1.165, 1.54) is 23.1 Å². The molecule has 0 saturated heterocycles. The summed E-state index contributed by atoms with van der Waals surface area (Å²) in [6.45, 7) is 8.46. The number of nitrogen functional groups attached to an aromatic ring is 2. The molecule has 0 fully saturated rings. The highest BCUT2D eigenvalue weighted by Gasteiger charge is 2.20. The minimum atomic E-state index is -0.514. The Morgan fingerprint density at radius 1 is 1.00 bits per heavy atom. The number of benzene rings is 2. The van der Waals surface area contributed by atoms with Crippen LogP contribution in [0.5, 0.6) is 0 Å². The molecule has 5 N–H and O–H groups in total. The average molecular weight is 599 g/mol. The van der Waals surface area contributed by atoms with Crippen molar-refractivity contribution < 1.29 is 23.9 Å². The first-order chi connectivity index (χ1) is 19.7.